The number of aromatic nitrogens is 2. The van der Waals surface area contributed by atoms with Crippen molar-refractivity contribution in [2.45, 2.75) is 72.3 Å². The van der Waals surface area contributed by atoms with Gasteiger partial charge in [-0.25, -0.2) is 0 Å². The average Bonchev–Trinajstić information content (AvgIpc) is 2.53. The standard InChI is InChI=1S/C21H35N5/c1-16(22)13-17-5-6-19(25-24-17)23-18-14-21(15-18)8-11-26(12-9-21)10-7-20(2,3)4/h5-6,18,22H,7-15H2,1-4H3,(H,23,25). The average molecular weight is 358 g/mol. The van der Waals surface area contributed by atoms with Gasteiger partial charge >= 0.3 is 0 Å². The third kappa shape index (κ3) is 5.26. The van der Waals surface area contributed by atoms with Gasteiger partial charge in [0.2, 0.25) is 0 Å². The molecule has 0 unspecified atom stereocenters. The topological polar surface area (TPSA) is 64.9 Å². The molecule has 3 rings (SSSR count). The monoisotopic (exact) mass is 357 g/mol. The maximum Gasteiger partial charge on any atom is 0.148 e. The molecule has 1 saturated carbocycles. The van der Waals surface area contributed by atoms with Gasteiger partial charge in [0.1, 0.15) is 5.82 Å². The van der Waals surface area contributed by atoms with Crippen molar-refractivity contribution in [3.63, 3.8) is 0 Å². The van der Waals surface area contributed by atoms with E-state index in [9.17, 15) is 0 Å². The summed E-state index contributed by atoms with van der Waals surface area (Å²) in [5.41, 5.74) is 2.50. The maximum absolute atomic E-state index is 7.53. The van der Waals surface area contributed by atoms with Gasteiger partial charge in [-0.05, 0) is 81.6 Å². The van der Waals surface area contributed by atoms with Gasteiger partial charge in [0.25, 0.3) is 0 Å². The Balaban J connectivity index is 1.40. The number of piperidine rings is 1. The predicted molar refractivity (Wildman–Crippen MR) is 108 cm³/mol. The molecule has 1 saturated heterocycles. The van der Waals surface area contributed by atoms with E-state index >= 15 is 0 Å². The van der Waals surface area contributed by atoms with Crippen LogP contribution >= 0.6 is 0 Å². The Labute approximate surface area is 158 Å². The molecule has 1 aliphatic heterocycles. The first kappa shape index (κ1) is 19.3. The van der Waals surface area contributed by atoms with Gasteiger partial charge in [-0.1, -0.05) is 20.8 Å². The lowest BCUT2D eigenvalue weighted by Gasteiger charge is -2.52. The number of hydrogen-bond donors (Lipinski definition) is 2. The minimum Gasteiger partial charge on any atom is -0.366 e. The van der Waals surface area contributed by atoms with E-state index in [4.69, 9.17) is 5.41 Å². The molecule has 2 heterocycles. The second-order valence-corrected chi connectivity index (χ2v) is 9.77. The van der Waals surface area contributed by atoms with E-state index in [1.54, 1.807) is 6.92 Å². The molecule has 1 spiro atoms. The highest BCUT2D eigenvalue weighted by molar-refractivity contribution is 5.80. The second-order valence-electron chi connectivity index (χ2n) is 9.77. The van der Waals surface area contributed by atoms with Crippen molar-refractivity contribution in [1.29, 1.82) is 5.41 Å². The van der Waals surface area contributed by atoms with Crippen LogP contribution in [0.4, 0.5) is 5.82 Å². The molecule has 0 aromatic carbocycles. The molecular formula is C21H35N5. The number of nitrogens with one attached hydrogen (secondary N) is 2. The zero-order valence-corrected chi connectivity index (χ0v) is 16.9. The van der Waals surface area contributed by atoms with Crippen LogP contribution in [0.2, 0.25) is 0 Å². The fraction of sp³-hybridized carbons (Fsp3) is 0.762. The second kappa shape index (κ2) is 7.63. The van der Waals surface area contributed by atoms with Gasteiger partial charge in [-0.2, -0.15) is 5.10 Å². The van der Waals surface area contributed by atoms with Crippen molar-refractivity contribution in [2.24, 2.45) is 10.8 Å². The highest BCUT2D eigenvalue weighted by atomic mass is 15.2. The van der Waals surface area contributed by atoms with Crippen molar-refractivity contribution in [1.82, 2.24) is 15.1 Å². The van der Waals surface area contributed by atoms with Crippen molar-refractivity contribution < 1.29 is 0 Å². The summed E-state index contributed by atoms with van der Waals surface area (Å²) in [5, 5.41) is 19.6. The zero-order valence-electron chi connectivity index (χ0n) is 16.9. The van der Waals surface area contributed by atoms with Gasteiger partial charge in [-0.15, -0.1) is 5.10 Å². The minimum atomic E-state index is 0.439. The zero-order chi connectivity index (χ0) is 18.8. The molecular weight excluding hydrogens is 322 g/mol. The molecule has 2 aliphatic rings. The van der Waals surface area contributed by atoms with E-state index < -0.39 is 0 Å². The Hall–Kier alpha value is -1.49. The molecule has 0 bridgehead atoms. The van der Waals surface area contributed by atoms with Crippen LogP contribution in [-0.4, -0.2) is 46.5 Å². The Morgan fingerprint density at radius 3 is 2.46 bits per heavy atom. The normalized spacial score (nSPS) is 20.8. The smallest absolute Gasteiger partial charge is 0.148 e. The molecule has 0 atom stereocenters. The van der Waals surface area contributed by atoms with Crippen LogP contribution in [0.25, 0.3) is 0 Å². The van der Waals surface area contributed by atoms with Crippen molar-refractivity contribution in [3.8, 4) is 0 Å². The third-order valence-electron chi connectivity index (χ3n) is 5.97. The van der Waals surface area contributed by atoms with E-state index in [2.05, 4.69) is 41.2 Å². The first-order valence-corrected chi connectivity index (χ1v) is 10.1. The molecule has 1 aromatic heterocycles. The minimum absolute atomic E-state index is 0.439. The SMILES string of the molecule is CC(=N)Cc1ccc(NC2CC3(CCN(CCC(C)(C)C)CC3)C2)nn1. The number of nitrogens with zero attached hydrogens (tertiary/aromatic N) is 3. The largest absolute Gasteiger partial charge is 0.366 e. The fourth-order valence-corrected chi connectivity index (χ4v) is 4.25. The van der Waals surface area contributed by atoms with Crippen LogP contribution in [0.15, 0.2) is 12.1 Å². The predicted octanol–water partition coefficient (Wildman–Crippen LogP) is 4.15. The van der Waals surface area contributed by atoms with Gasteiger partial charge < -0.3 is 15.6 Å². The summed E-state index contributed by atoms with van der Waals surface area (Å²) >= 11 is 0. The molecule has 0 amide bonds. The Kier molecular flexibility index (Phi) is 5.66. The summed E-state index contributed by atoms with van der Waals surface area (Å²) in [5.74, 6) is 0.874. The van der Waals surface area contributed by atoms with Crippen LogP contribution in [0.1, 0.15) is 65.5 Å². The van der Waals surface area contributed by atoms with E-state index in [1.807, 2.05) is 12.1 Å². The van der Waals surface area contributed by atoms with Gasteiger partial charge in [0, 0.05) is 18.2 Å². The van der Waals surface area contributed by atoms with E-state index in [-0.39, 0.29) is 0 Å². The molecule has 144 valence electrons. The number of anilines is 1. The van der Waals surface area contributed by atoms with Crippen LogP contribution < -0.4 is 5.32 Å². The lowest BCUT2D eigenvalue weighted by molar-refractivity contribution is 0.0207. The molecule has 2 N–H and O–H groups in total. The van der Waals surface area contributed by atoms with Gasteiger partial charge in [0.05, 0.1) is 5.69 Å². The quantitative estimate of drug-likeness (QED) is 0.751. The van der Waals surface area contributed by atoms with Crippen molar-refractivity contribution in [2.75, 3.05) is 25.0 Å². The Morgan fingerprint density at radius 1 is 1.23 bits per heavy atom. The maximum atomic E-state index is 7.53. The molecule has 5 nitrogen and oxygen atoms in total. The fourth-order valence-electron chi connectivity index (χ4n) is 4.25. The third-order valence-corrected chi connectivity index (χ3v) is 5.97. The molecule has 1 aliphatic carbocycles. The summed E-state index contributed by atoms with van der Waals surface area (Å²) in [6, 6.07) is 4.53. The molecule has 5 heteroatoms. The number of hydrogen-bond acceptors (Lipinski definition) is 5. The van der Waals surface area contributed by atoms with Crippen molar-refractivity contribution in [3.05, 3.63) is 17.8 Å². The van der Waals surface area contributed by atoms with Gasteiger partial charge in [0.15, 0.2) is 0 Å². The van der Waals surface area contributed by atoms with Gasteiger partial charge in [-0.3, -0.25) is 0 Å². The summed E-state index contributed by atoms with van der Waals surface area (Å²) in [4.78, 5) is 2.66. The highest BCUT2D eigenvalue weighted by Crippen LogP contribution is 2.49. The van der Waals surface area contributed by atoms with E-state index in [0.29, 0.717) is 29.0 Å². The van der Waals surface area contributed by atoms with Crippen molar-refractivity contribution >= 4 is 11.5 Å². The number of rotatable bonds is 6. The lowest BCUT2D eigenvalue weighted by atomic mass is 9.60. The lowest BCUT2D eigenvalue weighted by Crippen LogP contribution is -2.51. The Bertz CT molecular complexity index is 600. The summed E-state index contributed by atoms with van der Waals surface area (Å²) < 4.78 is 0. The summed E-state index contributed by atoms with van der Waals surface area (Å²) in [6.45, 7) is 12.6. The first-order valence-electron chi connectivity index (χ1n) is 10.1. The van der Waals surface area contributed by atoms with Crippen LogP contribution in [0.5, 0.6) is 0 Å². The summed E-state index contributed by atoms with van der Waals surface area (Å²) in [6.07, 6.45) is 7.10. The van der Waals surface area contributed by atoms with Crippen LogP contribution in [0.3, 0.4) is 0 Å². The molecule has 0 radical (unpaired) electrons. The van der Waals surface area contributed by atoms with E-state index in [1.165, 1.54) is 51.7 Å². The van der Waals surface area contributed by atoms with Crippen LogP contribution in [0, 0.1) is 16.2 Å². The highest BCUT2D eigenvalue weighted by Gasteiger charge is 2.45. The summed E-state index contributed by atoms with van der Waals surface area (Å²) in [7, 11) is 0. The molecule has 2 fully saturated rings. The Morgan fingerprint density at radius 2 is 1.92 bits per heavy atom. The first-order chi connectivity index (χ1) is 12.2. The molecule has 1 aromatic rings. The molecule has 26 heavy (non-hydrogen) atoms. The number of likely N-dealkylation sites (tertiary alicyclic amines) is 1. The van der Waals surface area contributed by atoms with E-state index in [0.717, 1.165) is 11.5 Å². The van der Waals surface area contributed by atoms with Crippen LogP contribution in [-0.2, 0) is 6.42 Å².